The Labute approximate surface area is 141 Å². The minimum Gasteiger partial charge on any atom is -0.459 e. The first-order valence-electron chi connectivity index (χ1n) is 7.16. The van der Waals surface area contributed by atoms with Crippen LogP contribution in [-0.4, -0.2) is 26.1 Å². The molecule has 0 saturated carbocycles. The van der Waals surface area contributed by atoms with Gasteiger partial charge < -0.3 is 15.0 Å². The summed E-state index contributed by atoms with van der Waals surface area (Å²) in [5.41, 5.74) is 6.95. The smallest absolute Gasteiger partial charge is 0.326 e. The summed E-state index contributed by atoms with van der Waals surface area (Å²) in [5, 5.41) is 1.66. The fourth-order valence-electron chi connectivity index (χ4n) is 2.57. The van der Waals surface area contributed by atoms with E-state index in [0.717, 1.165) is 20.8 Å². The van der Waals surface area contributed by atoms with Gasteiger partial charge in [-0.05, 0) is 32.9 Å². The number of nitrogens with zero attached hydrogens (tertiary/aromatic N) is 3. The van der Waals surface area contributed by atoms with Gasteiger partial charge in [-0.2, -0.15) is 0 Å². The number of carbonyl (C=O) groups is 1. The molecule has 0 amide bonds. The Hall–Kier alpha value is -2.15. The van der Waals surface area contributed by atoms with Gasteiger partial charge in [0.2, 0.25) is 0 Å². The number of carbonyl (C=O) groups excluding carboxylic acids is 1. The number of esters is 1. The molecule has 2 N–H and O–H groups in total. The zero-order valence-electron chi connectivity index (χ0n) is 13.1. The summed E-state index contributed by atoms with van der Waals surface area (Å²) in [5.74, 6) is 0.0683. The second-order valence-corrected chi connectivity index (χ2v) is 7.21. The number of hydrogen-bond donors (Lipinski definition) is 1. The van der Waals surface area contributed by atoms with Gasteiger partial charge in [-0.25, -0.2) is 9.97 Å². The molecule has 2 heterocycles. The van der Waals surface area contributed by atoms with Crippen LogP contribution in [0.15, 0.2) is 29.0 Å². The number of benzene rings is 1. The maximum Gasteiger partial charge on any atom is 0.326 e. The van der Waals surface area contributed by atoms with Gasteiger partial charge >= 0.3 is 5.97 Å². The molecule has 0 atom stereocenters. The molecule has 0 aliphatic heterocycles. The van der Waals surface area contributed by atoms with Crippen LogP contribution >= 0.6 is 15.9 Å². The second-order valence-electron chi connectivity index (χ2n) is 6.29. The van der Waals surface area contributed by atoms with Gasteiger partial charge in [0.25, 0.3) is 0 Å². The van der Waals surface area contributed by atoms with Crippen LogP contribution in [0.4, 0.5) is 5.82 Å². The summed E-state index contributed by atoms with van der Waals surface area (Å²) >= 11 is 3.46. The maximum absolute atomic E-state index is 12.3. The lowest BCUT2D eigenvalue weighted by atomic mass is 10.2. The third-order valence-corrected chi connectivity index (χ3v) is 3.83. The van der Waals surface area contributed by atoms with Crippen LogP contribution in [0.1, 0.15) is 20.8 Å². The Kier molecular flexibility index (Phi) is 3.75. The van der Waals surface area contributed by atoms with Crippen LogP contribution in [-0.2, 0) is 16.1 Å². The quantitative estimate of drug-likeness (QED) is 0.693. The molecule has 0 fully saturated rings. The van der Waals surface area contributed by atoms with Gasteiger partial charge in [-0.15, -0.1) is 0 Å². The zero-order chi connectivity index (χ0) is 16.8. The third-order valence-electron chi connectivity index (χ3n) is 3.34. The fraction of sp³-hybridized carbons (Fsp3) is 0.312. The van der Waals surface area contributed by atoms with Crippen molar-refractivity contribution in [1.29, 1.82) is 0 Å². The first-order valence-corrected chi connectivity index (χ1v) is 7.95. The lowest BCUT2D eigenvalue weighted by Gasteiger charge is -2.20. The third kappa shape index (κ3) is 3.01. The molecule has 120 valence electrons. The normalized spacial score (nSPS) is 12.0. The van der Waals surface area contributed by atoms with E-state index in [0.29, 0.717) is 11.5 Å². The molecule has 2 aromatic heterocycles. The summed E-state index contributed by atoms with van der Waals surface area (Å²) in [6.45, 7) is 5.58. The van der Waals surface area contributed by atoms with Crippen LogP contribution in [0.3, 0.4) is 0 Å². The number of rotatable bonds is 2. The highest BCUT2D eigenvalue weighted by Crippen LogP contribution is 2.32. The molecule has 0 bridgehead atoms. The molecule has 0 unspecified atom stereocenters. The molecule has 0 spiro atoms. The predicted molar refractivity (Wildman–Crippen MR) is 93.0 cm³/mol. The fourth-order valence-corrected chi connectivity index (χ4v) is 2.92. The molecule has 3 aromatic rings. The molecule has 0 aliphatic carbocycles. The van der Waals surface area contributed by atoms with Gasteiger partial charge in [-0.3, -0.25) is 4.79 Å². The van der Waals surface area contributed by atoms with Crippen molar-refractivity contribution in [3.05, 3.63) is 29.0 Å². The highest BCUT2D eigenvalue weighted by Gasteiger charge is 2.20. The van der Waals surface area contributed by atoms with E-state index >= 15 is 0 Å². The Morgan fingerprint density at radius 2 is 2.09 bits per heavy atom. The van der Waals surface area contributed by atoms with Crippen molar-refractivity contribution in [2.45, 2.75) is 32.9 Å². The monoisotopic (exact) mass is 376 g/mol. The molecular formula is C16H17BrN4O2. The van der Waals surface area contributed by atoms with E-state index in [2.05, 4.69) is 25.9 Å². The average Bonchev–Trinajstić information content (AvgIpc) is 2.72. The van der Waals surface area contributed by atoms with Crippen LogP contribution in [0.5, 0.6) is 0 Å². The molecule has 0 aliphatic rings. The summed E-state index contributed by atoms with van der Waals surface area (Å²) in [6.07, 6.45) is 1.40. The molecule has 7 heteroatoms. The number of hydrogen-bond acceptors (Lipinski definition) is 5. The maximum atomic E-state index is 12.3. The Balaban J connectivity index is 2.19. The highest BCUT2D eigenvalue weighted by atomic mass is 79.9. The standard InChI is InChI=1S/C16H17BrN4O2/c1-16(2,3)23-12(22)7-21-11-6-9(17)4-5-10(11)13-14(18)19-8-20-15(13)21/h4-6,8H,7H2,1-3H3,(H2,18,19,20). The Morgan fingerprint density at radius 3 is 2.78 bits per heavy atom. The van der Waals surface area contributed by atoms with Crippen LogP contribution in [0.2, 0.25) is 0 Å². The van der Waals surface area contributed by atoms with Crippen LogP contribution < -0.4 is 5.73 Å². The minimum absolute atomic E-state index is 0.0597. The number of fused-ring (bicyclic) bond motifs is 3. The highest BCUT2D eigenvalue weighted by molar-refractivity contribution is 9.10. The molecule has 3 rings (SSSR count). The van der Waals surface area contributed by atoms with Crippen LogP contribution in [0, 0.1) is 0 Å². The van der Waals surface area contributed by atoms with Crippen molar-refractivity contribution in [2.24, 2.45) is 0 Å². The van der Waals surface area contributed by atoms with Crippen molar-refractivity contribution in [3.63, 3.8) is 0 Å². The summed E-state index contributed by atoms with van der Waals surface area (Å²) in [6, 6.07) is 5.79. The van der Waals surface area contributed by atoms with E-state index in [1.807, 2.05) is 43.5 Å². The van der Waals surface area contributed by atoms with Gasteiger partial charge in [0.15, 0.2) is 0 Å². The second kappa shape index (κ2) is 5.49. The topological polar surface area (TPSA) is 83.0 Å². The molecule has 6 nitrogen and oxygen atoms in total. The molecular weight excluding hydrogens is 360 g/mol. The van der Waals surface area contributed by atoms with Gasteiger partial charge in [-0.1, -0.05) is 22.0 Å². The van der Waals surface area contributed by atoms with Gasteiger partial charge in [0, 0.05) is 9.86 Å². The number of nitrogen functional groups attached to an aromatic ring is 1. The van der Waals surface area contributed by atoms with Crippen molar-refractivity contribution >= 4 is 49.7 Å². The van der Waals surface area contributed by atoms with E-state index in [1.165, 1.54) is 6.33 Å². The summed E-state index contributed by atoms with van der Waals surface area (Å²) < 4.78 is 8.14. The van der Waals surface area contributed by atoms with Gasteiger partial charge in [0.1, 0.15) is 29.9 Å². The van der Waals surface area contributed by atoms with Crippen molar-refractivity contribution in [1.82, 2.24) is 14.5 Å². The SMILES string of the molecule is CC(C)(C)OC(=O)Cn1c2cc(Br)ccc2c2c(N)ncnc21. The van der Waals surface area contributed by atoms with Crippen molar-refractivity contribution < 1.29 is 9.53 Å². The summed E-state index contributed by atoms with van der Waals surface area (Å²) in [4.78, 5) is 20.6. The van der Waals surface area contributed by atoms with E-state index < -0.39 is 5.60 Å². The van der Waals surface area contributed by atoms with E-state index in [4.69, 9.17) is 10.5 Å². The van der Waals surface area contributed by atoms with Gasteiger partial charge in [0.05, 0.1) is 10.9 Å². The average molecular weight is 377 g/mol. The predicted octanol–water partition coefficient (Wildman–Crippen LogP) is 3.27. The molecule has 0 saturated heterocycles. The van der Waals surface area contributed by atoms with E-state index in [1.54, 1.807) is 0 Å². The number of ether oxygens (including phenoxy) is 1. The van der Waals surface area contributed by atoms with Crippen molar-refractivity contribution in [2.75, 3.05) is 5.73 Å². The van der Waals surface area contributed by atoms with E-state index in [9.17, 15) is 4.79 Å². The molecule has 1 aromatic carbocycles. The lowest BCUT2D eigenvalue weighted by Crippen LogP contribution is -2.26. The number of nitrogens with two attached hydrogens (primary N) is 1. The minimum atomic E-state index is -0.537. The summed E-state index contributed by atoms with van der Waals surface area (Å²) in [7, 11) is 0. The largest absolute Gasteiger partial charge is 0.459 e. The molecule has 23 heavy (non-hydrogen) atoms. The van der Waals surface area contributed by atoms with Crippen LogP contribution in [0.25, 0.3) is 21.9 Å². The number of halogens is 1. The Bertz CT molecular complexity index is 912. The molecule has 0 radical (unpaired) electrons. The Morgan fingerprint density at radius 1 is 1.35 bits per heavy atom. The lowest BCUT2D eigenvalue weighted by molar-refractivity contribution is -0.155. The van der Waals surface area contributed by atoms with E-state index in [-0.39, 0.29) is 12.5 Å². The zero-order valence-corrected chi connectivity index (χ0v) is 14.7. The van der Waals surface area contributed by atoms with Crippen molar-refractivity contribution in [3.8, 4) is 0 Å². The number of aromatic nitrogens is 3. The number of anilines is 1. The first-order chi connectivity index (χ1) is 10.8. The first kappa shape index (κ1) is 15.7.